The van der Waals surface area contributed by atoms with E-state index >= 15 is 0 Å². The molecular formula is C22H22N4O4. The number of ether oxygens (including phenoxy) is 2. The first-order valence-electron chi connectivity index (χ1n) is 9.53. The van der Waals surface area contributed by atoms with E-state index in [1.807, 2.05) is 6.07 Å². The molecule has 0 spiro atoms. The molecule has 0 atom stereocenters. The number of hydrogen-bond acceptors (Lipinski definition) is 5. The Morgan fingerprint density at radius 2 is 1.90 bits per heavy atom. The van der Waals surface area contributed by atoms with Crippen LogP contribution in [0, 0.1) is 0 Å². The quantitative estimate of drug-likeness (QED) is 0.679. The highest BCUT2D eigenvalue weighted by molar-refractivity contribution is 6.06. The molecule has 3 aromatic rings. The molecule has 1 aromatic heterocycles. The summed E-state index contributed by atoms with van der Waals surface area (Å²) >= 11 is 0. The Morgan fingerprint density at radius 1 is 1.10 bits per heavy atom. The van der Waals surface area contributed by atoms with Crippen LogP contribution < -0.4 is 14.8 Å². The minimum atomic E-state index is -0.305. The third-order valence-corrected chi connectivity index (χ3v) is 5.07. The summed E-state index contributed by atoms with van der Waals surface area (Å²) in [5.74, 6) is 0.255. The second-order valence-electron chi connectivity index (χ2n) is 6.88. The van der Waals surface area contributed by atoms with Gasteiger partial charge in [0.15, 0.2) is 11.5 Å². The third-order valence-electron chi connectivity index (χ3n) is 5.07. The lowest BCUT2D eigenvalue weighted by Gasteiger charge is -2.27. The van der Waals surface area contributed by atoms with Gasteiger partial charge in [0, 0.05) is 24.1 Å². The van der Waals surface area contributed by atoms with Crippen molar-refractivity contribution in [2.24, 2.45) is 0 Å². The van der Waals surface area contributed by atoms with Crippen molar-refractivity contribution >= 4 is 17.5 Å². The number of aromatic amines is 1. The second-order valence-corrected chi connectivity index (χ2v) is 6.88. The summed E-state index contributed by atoms with van der Waals surface area (Å²) in [4.78, 5) is 34.9. The zero-order valence-electron chi connectivity index (χ0n) is 16.8. The number of aromatic nitrogens is 2. The molecular weight excluding hydrogens is 384 g/mol. The Labute approximate surface area is 173 Å². The maximum atomic E-state index is 13.2. The average molecular weight is 406 g/mol. The van der Waals surface area contributed by atoms with Crippen LogP contribution in [0.15, 0.2) is 48.8 Å². The van der Waals surface area contributed by atoms with Gasteiger partial charge in [0.2, 0.25) is 0 Å². The van der Waals surface area contributed by atoms with Crippen LogP contribution in [0.4, 0.5) is 5.69 Å². The number of nitrogens with one attached hydrogen (secondary N) is 2. The minimum Gasteiger partial charge on any atom is -0.493 e. The third kappa shape index (κ3) is 3.71. The largest absolute Gasteiger partial charge is 0.493 e. The maximum absolute atomic E-state index is 13.2. The van der Waals surface area contributed by atoms with Crippen LogP contribution >= 0.6 is 0 Å². The Morgan fingerprint density at radius 3 is 2.63 bits per heavy atom. The normalized spacial score (nSPS) is 12.8. The lowest BCUT2D eigenvalue weighted by Crippen LogP contribution is -2.36. The van der Waals surface area contributed by atoms with E-state index in [4.69, 9.17) is 9.47 Å². The first-order valence-corrected chi connectivity index (χ1v) is 9.53. The number of anilines is 1. The number of methoxy groups -OCH3 is 2. The van der Waals surface area contributed by atoms with Gasteiger partial charge >= 0.3 is 0 Å². The highest BCUT2D eigenvalue weighted by atomic mass is 16.5. The molecule has 8 nitrogen and oxygen atoms in total. The standard InChI is InChI=1S/C22H22N4O4/c1-29-19-11-15(22(28)26-9-8-16-18(12-26)24-13-23-16)10-17(20(19)30-2)25-21(27)14-6-4-3-5-7-14/h3-7,10-11,13H,8-9,12H2,1-2H3,(H,23,24)(H,25,27). The molecule has 2 heterocycles. The number of carbonyl (C=O) groups is 2. The number of amides is 2. The molecule has 30 heavy (non-hydrogen) atoms. The van der Waals surface area contributed by atoms with Crippen molar-refractivity contribution in [1.82, 2.24) is 14.9 Å². The average Bonchev–Trinajstić information content (AvgIpc) is 3.26. The Hall–Kier alpha value is -3.81. The number of imidazole rings is 1. The zero-order valence-corrected chi connectivity index (χ0v) is 16.8. The van der Waals surface area contributed by atoms with Crippen LogP contribution in [0.3, 0.4) is 0 Å². The van der Waals surface area contributed by atoms with Crippen molar-refractivity contribution < 1.29 is 19.1 Å². The van der Waals surface area contributed by atoms with Crippen molar-refractivity contribution in [3.05, 3.63) is 71.3 Å². The molecule has 1 aliphatic heterocycles. The number of fused-ring (bicyclic) bond motifs is 1. The van der Waals surface area contributed by atoms with Gasteiger partial charge in [-0.25, -0.2) is 4.98 Å². The van der Waals surface area contributed by atoms with Crippen LogP contribution in [-0.2, 0) is 13.0 Å². The van der Waals surface area contributed by atoms with Crippen LogP contribution in [0.2, 0.25) is 0 Å². The number of hydrogen-bond donors (Lipinski definition) is 2. The molecule has 4 rings (SSSR count). The molecule has 0 fully saturated rings. The van der Waals surface area contributed by atoms with Gasteiger partial charge < -0.3 is 24.7 Å². The van der Waals surface area contributed by atoms with Gasteiger partial charge in [0.1, 0.15) is 0 Å². The van der Waals surface area contributed by atoms with E-state index in [0.717, 1.165) is 11.4 Å². The first-order chi connectivity index (χ1) is 14.6. The summed E-state index contributed by atoms with van der Waals surface area (Å²) in [6.07, 6.45) is 2.34. The maximum Gasteiger partial charge on any atom is 0.255 e. The van der Waals surface area contributed by atoms with Gasteiger partial charge in [0.05, 0.1) is 44.2 Å². The van der Waals surface area contributed by atoms with E-state index in [1.165, 1.54) is 14.2 Å². The van der Waals surface area contributed by atoms with Crippen molar-refractivity contribution in [3.63, 3.8) is 0 Å². The van der Waals surface area contributed by atoms with Gasteiger partial charge in [0.25, 0.3) is 11.8 Å². The number of benzene rings is 2. The highest BCUT2D eigenvalue weighted by Crippen LogP contribution is 2.37. The Balaban J connectivity index is 1.65. The fourth-order valence-corrected chi connectivity index (χ4v) is 3.53. The molecule has 1 aliphatic rings. The molecule has 8 heteroatoms. The van der Waals surface area contributed by atoms with Gasteiger partial charge in [-0.05, 0) is 24.3 Å². The molecule has 2 N–H and O–H groups in total. The Kier molecular flexibility index (Phi) is 5.38. The summed E-state index contributed by atoms with van der Waals surface area (Å²) < 4.78 is 10.9. The predicted molar refractivity (Wildman–Crippen MR) is 111 cm³/mol. The Bertz CT molecular complexity index is 1080. The number of nitrogens with zero attached hydrogens (tertiary/aromatic N) is 2. The minimum absolute atomic E-state index is 0.161. The van der Waals surface area contributed by atoms with Gasteiger partial charge in [-0.3, -0.25) is 9.59 Å². The number of H-pyrrole nitrogens is 1. The summed E-state index contributed by atoms with van der Waals surface area (Å²) in [6, 6.07) is 12.1. The molecule has 0 bridgehead atoms. The zero-order chi connectivity index (χ0) is 21.1. The summed E-state index contributed by atoms with van der Waals surface area (Å²) in [7, 11) is 2.98. The lowest BCUT2D eigenvalue weighted by atomic mass is 10.1. The molecule has 154 valence electrons. The van der Waals surface area contributed by atoms with Crippen molar-refractivity contribution in [2.45, 2.75) is 13.0 Å². The summed E-state index contributed by atoms with van der Waals surface area (Å²) in [5.41, 5.74) is 3.19. The van der Waals surface area contributed by atoms with Crippen molar-refractivity contribution in [3.8, 4) is 11.5 Å². The molecule has 2 amide bonds. The van der Waals surface area contributed by atoms with E-state index in [9.17, 15) is 9.59 Å². The van der Waals surface area contributed by atoms with E-state index < -0.39 is 0 Å². The van der Waals surface area contributed by atoms with Crippen molar-refractivity contribution in [1.29, 1.82) is 0 Å². The SMILES string of the molecule is COc1cc(C(=O)N2CCc3nc[nH]c3C2)cc(NC(=O)c2ccccc2)c1OC. The highest BCUT2D eigenvalue weighted by Gasteiger charge is 2.26. The number of rotatable bonds is 5. The van der Waals surface area contributed by atoms with Crippen molar-refractivity contribution in [2.75, 3.05) is 26.1 Å². The molecule has 0 saturated carbocycles. The molecule has 0 aliphatic carbocycles. The topological polar surface area (TPSA) is 96.5 Å². The van der Waals surface area contributed by atoms with E-state index in [2.05, 4.69) is 15.3 Å². The fourth-order valence-electron chi connectivity index (χ4n) is 3.53. The van der Waals surface area contributed by atoms with E-state index in [-0.39, 0.29) is 11.8 Å². The second kappa shape index (κ2) is 8.28. The van der Waals surface area contributed by atoms with Crippen LogP contribution in [0.5, 0.6) is 11.5 Å². The molecule has 0 saturated heterocycles. The molecule has 0 unspecified atom stereocenters. The smallest absolute Gasteiger partial charge is 0.255 e. The predicted octanol–water partition coefficient (Wildman–Crippen LogP) is 2.88. The number of carbonyl (C=O) groups excluding carboxylic acids is 2. The van der Waals surface area contributed by atoms with Gasteiger partial charge in [-0.2, -0.15) is 0 Å². The summed E-state index contributed by atoms with van der Waals surface area (Å²) in [5, 5.41) is 2.83. The molecule has 0 radical (unpaired) electrons. The summed E-state index contributed by atoms with van der Waals surface area (Å²) in [6.45, 7) is 1.02. The van der Waals surface area contributed by atoms with Crippen LogP contribution in [-0.4, -0.2) is 47.4 Å². The molecule has 2 aromatic carbocycles. The van der Waals surface area contributed by atoms with Gasteiger partial charge in [-0.15, -0.1) is 0 Å². The van der Waals surface area contributed by atoms with Crippen LogP contribution in [0.1, 0.15) is 32.1 Å². The first kappa shape index (κ1) is 19.5. The van der Waals surface area contributed by atoms with Crippen LogP contribution in [0.25, 0.3) is 0 Å². The monoisotopic (exact) mass is 406 g/mol. The van der Waals surface area contributed by atoms with E-state index in [1.54, 1.807) is 47.6 Å². The fraction of sp³-hybridized carbons (Fsp3) is 0.227. The van der Waals surface area contributed by atoms with E-state index in [0.29, 0.717) is 47.8 Å². The van der Waals surface area contributed by atoms with Gasteiger partial charge in [-0.1, -0.05) is 18.2 Å². The lowest BCUT2D eigenvalue weighted by molar-refractivity contribution is 0.0731.